The van der Waals surface area contributed by atoms with Gasteiger partial charge in [-0.2, -0.15) is 0 Å². The first-order valence-corrected chi connectivity index (χ1v) is 8.78. The van der Waals surface area contributed by atoms with Crippen molar-refractivity contribution in [3.05, 3.63) is 53.9 Å². The summed E-state index contributed by atoms with van der Waals surface area (Å²) >= 11 is 0. The highest BCUT2D eigenvalue weighted by molar-refractivity contribution is 5.97. The average Bonchev–Trinajstić information content (AvgIpc) is 2.67. The van der Waals surface area contributed by atoms with Crippen molar-refractivity contribution in [2.24, 2.45) is 0 Å². The summed E-state index contributed by atoms with van der Waals surface area (Å²) in [5.41, 5.74) is 1.47. The Hall–Kier alpha value is -2.96. The Bertz CT molecular complexity index is 766. The number of amides is 2. The summed E-state index contributed by atoms with van der Waals surface area (Å²) in [4.78, 5) is 35.0. The lowest BCUT2D eigenvalue weighted by molar-refractivity contribution is -0.120. The van der Waals surface area contributed by atoms with Crippen LogP contribution < -0.4 is 15.5 Å². The van der Waals surface area contributed by atoms with Gasteiger partial charge in [0.15, 0.2) is 0 Å². The molecule has 1 atom stereocenters. The minimum absolute atomic E-state index is 0.0235. The van der Waals surface area contributed by atoms with Crippen molar-refractivity contribution >= 4 is 17.8 Å². The fourth-order valence-electron chi connectivity index (χ4n) is 3.09. The van der Waals surface area contributed by atoms with Crippen LogP contribution in [0.4, 0.5) is 5.95 Å². The maximum atomic E-state index is 12.2. The summed E-state index contributed by atoms with van der Waals surface area (Å²) < 4.78 is 0. The van der Waals surface area contributed by atoms with Gasteiger partial charge in [-0.3, -0.25) is 9.59 Å². The number of anilines is 1. The number of hydrogen-bond donors (Lipinski definition) is 2. The molecule has 1 aromatic carbocycles. The Kier molecular flexibility index (Phi) is 5.78. The van der Waals surface area contributed by atoms with Gasteiger partial charge in [-0.1, -0.05) is 18.2 Å². The fraction of sp³-hybridized carbons (Fsp3) is 0.368. The lowest BCUT2D eigenvalue weighted by atomic mass is 10.1. The van der Waals surface area contributed by atoms with Crippen LogP contribution in [0.1, 0.15) is 28.8 Å². The molecule has 3 rings (SSSR count). The van der Waals surface area contributed by atoms with Crippen LogP contribution in [0.25, 0.3) is 0 Å². The van der Waals surface area contributed by atoms with Crippen molar-refractivity contribution in [2.45, 2.75) is 25.8 Å². The zero-order valence-corrected chi connectivity index (χ0v) is 14.8. The molecular weight excluding hydrogens is 330 g/mol. The molecule has 1 aliphatic heterocycles. The van der Waals surface area contributed by atoms with Gasteiger partial charge in [0.05, 0.1) is 6.54 Å². The van der Waals surface area contributed by atoms with Crippen molar-refractivity contribution in [1.82, 2.24) is 20.6 Å². The summed E-state index contributed by atoms with van der Waals surface area (Å²) in [6, 6.07) is 9.12. The number of carbonyl (C=O) groups is 2. The highest BCUT2D eigenvalue weighted by atomic mass is 16.2. The van der Waals surface area contributed by atoms with E-state index < -0.39 is 0 Å². The van der Waals surface area contributed by atoms with Crippen molar-refractivity contribution in [1.29, 1.82) is 0 Å². The number of hydrogen-bond acceptors (Lipinski definition) is 5. The number of rotatable bonds is 5. The Balaban J connectivity index is 1.49. The van der Waals surface area contributed by atoms with Gasteiger partial charge in [-0.05, 0) is 37.5 Å². The van der Waals surface area contributed by atoms with E-state index in [-0.39, 0.29) is 24.4 Å². The molecule has 2 N–H and O–H groups in total. The van der Waals surface area contributed by atoms with Gasteiger partial charge in [0.25, 0.3) is 5.91 Å². The molecule has 2 aromatic rings. The van der Waals surface area contributed by atoms with E-state index in [1.165, 1.54) is 0 Å². The van der Waals surface area contributed by atoms with Crippen LogP contribution in [0.2, 0.25) is 0 Å². The maximum absolute atomic E-state index is 12.2. The molecule has 2 amide bonds. The molecule has 26 heavy (non-hydrogen) atoms. The number of nitrogens with zero attached hydrogens (tertiary/aromatic N) is 3. The number of piperidine rings is 1. The summed E-state index contributed by atoms with van der Waals surface area (Å²) in [7, 11) is 0. The van der Waals surface area contributed by atoms with E-state index in [9.17, 15) is 9.59 Å². The third kappa shape index (κ3) is 4.56. The smallest absolute Gasteiger partial charge is 0.251 e. The number of aryl methyl sites for hydroxylation is 1. The van der Waals surface area contributed by atoms with Gasteiger partial charge < -0.3 is 15.5 Å². The molecule has 0 radical (unpaired) electrons. The van der Waals surface area contributed by atoms with Crippen LogP contribution in [0.15, 0.2) is 42.7 Å². The minimum atomic E-state index is -0.235. The Morgan fingerprint density at radius 3 is 2.73 bits per heavy atom. The molecule has 7 nitrogen and oxygen atoms in total. The van der Waals surface area contributed by atoms with Crippen LogP contribution in [-0.4, -0.2) is 47.5 Å². The Labute approximate surface area is 152 Å². The molecule has 0 saturated carbocycles. The van der Waals surface area contributed by atoms with E-state index in [2.05, 4.69) is 25.5 Å². The molecular formula is C19H23N5O2. The molecule has 1 aromatic heterocycles. The average molecular weight is 353 g/mol. The molecule has 1 unspecified atom stereocenters. The van der Waals surface area contributed by atoms with E-state index in [0.29, 0.717) is 18.1 Å². The van der Waals surface area contributed by atoms with Crippen LogP contribution in [0.5, 0.6) is 0 Å². The number of carbonyl (C=O) groups excluding carboxylic acids is 2. The predicted octanol–water partition coefficient (Wildman–Crippen LogP) is 1.30. The van der Waals surface area contributed by atoms with Gasteiger partial charge in [-0.25, -0.2) is 9.97 Å². The normalized spacial score (nSPS) is 16.8. The molecule has 2 heterocycles. The van der Waals surface area contributed by atoms with Crippen LogP contribution >= 0.6 is 0 Å². The second-order valence-electron chi connectivity index (χ2n) is 6.40. The number of aromatic nitrogens is 2. The first-order chi connectivity index (χ1) is 12.6. The first kappa shape index (κ1) is 17.8. The molecule has 0 spiro atoms. The Morgan fingerprint density at radius 2 is 1.96 bits per heavy atom. The molecule has 1 saturated heterocycles. The zero-order chi connectivity index (χ0) is 18.4. The maximum Gasteiger partial charge on any atom is 0.251 e. The van der Waals surface area contributed by atoms with Gasteiger partial charge in [0.2, 0.25) is 11.9 Å². The number of nitrogens with one attached hydrogen (secondary N) is 2. The summed E-state index contributed by atoms with van der Waals surface area (Å²) in [5.74, 6) is 0.258. The van der Waals surface area contributed by atoms with Crippen molar-refractivity contribution in [2.75, 3.05) is 24.5 Å². The Morgan fingerprint density at radius 1 is 1.19 bits per heavy atom. The lowest BCUT2D eigenvalue weighted by Gasteiger charge is -2.33. The fourth-order valence-corrected chi connectivity index (χ4v) is 3.09. The first-order valence-electron chi connectivity index (χ1n) is 8.78. The quantitative estimate of drug-likeness (QED) is 0.846. The van der Waals surface area contributed by atoms with E-state index in [4.69, 9.17) is 0 Å². The largest absolute Gasteiger partial charge is 0.350 e. The minimum Gasteiger partial charge on any atom is -0.350 e. The van der Waals surface area contributed by atoms with E-state index >= 15 is 0 Å². The van der Waals surface area contributed by atoms with E-state index in [1.807, 2.05) is 25.1 Å². The monoisotopic (exact) mass is 353 g/mol. The molecule has 1 aliphatic rings. The van der Waals surface area contributed by atoms with Gasteiger partial charge in [0.1, 0.15) is 0 Å². The molecule has 7 heteroatoms. The topological polar surface area (TPSA) is 87.2 Å². The highest BCUT2D eigenvalue weighted by Crippen LogP contribution is 2.15. The standard InChI is InChI=1S/C19H23N5O2/c1-14-6-2-3-8-16(14)18(26)22-12-17(25)23-15-7-4-11-24(13-15)19-20-9-5-10-21-19/h2-3,5-6,8-10,15H,4,7,11-13H2,1H3,(H,22,26)(H,23,25). The third-order valence-corrected chi connectivity index (χ3v) is 4.42. The van der Waals surface area contributed by atoms with Gasteiger partial charge in [0, 0.05) is 37.1 Å². The molecule has 1 fully saturated rings. The van der Waals surface area contributed by atoms with Gasteiger partial charge in [-0.15, -0.1) is 0 Å². The lowest BCUT2D eigenvalue weighted by Crippen LogP contribution is -2.50. The van der Waals surface area contributed by atoms with Crippen molar-refractivity contribution in [3.8, 4) is 0 Å². The van der Waals surface area contributed by atoms with Crippen LogP contribution in [0, 0.1) is 6.92 Å². The number of benzene rings is 1. The van der Waals surface area contributed by atoms with Gasteiger partial charge >= 0.3 is 0 Å². The molecule has 0 aliphatic carbocycles. The van der Waals surface area contributed by atoms with Crippen LogP contribution in [0.3, 0.4) is 0 Å². The summed E-state index contributed by atoms with van der Waals surface area (Å²) in [6.07, 6.45) is 5.29. The second-order valence-corrected chi connectivity index (χ2v) is 6.40. The van der Waals surface area contributed by atoms with Crippen molar-refractivity contribution in [3.63, 3.8) is 0 Å². The van der Waals surface area contributed by atoms with Crippen LogP contribution in [-0.2, 0) is 4.79 Å². The van der Waals surface area contributed by atoms with Crippen molar-refractivity contribution < 1.29 is 9.59 Å². The predicted molar refractivity (Wildman–Crippen MR) is 98.9 cm³/mol. The molecule has 136 valence electrons. The summed E-state index contributed by atoms with van der Waals surface area (Å²) in [6.45, 7) is 3.38. The summed E-state index contributed by atoms with van der Waals surface area (Å²) in [5, 5.41) is 5.67. The SMILES string of the molecule is Cc1ccccc1C(=O)NCC(=O)NC1CCCN(c2ncccn2)C1. The van der Waals surface area contributed by atoms with E-state index in [0.717, 1.165) is 24.9 Å². The third-order valence-electron chi connectivity index (χ3n) is 4.42. The second kappa shape index (κ2) is 8.42. The zero-order valence-electron chi connectivity index (χ0n) is 14.8. The highest BCUT2D eigenvalue weighted by Gasteiger charge is 2.23. The van der Waals surface area contributed by atoms with E-state index in [1.54, 1.807) is 24.5 Å². The molecule has 0 bridgehead atoms.